The van der Waals surface area contributed by atoms with E-state index in [0.717, 1.165) is 34.6 Å². The first-order chi connectivity index (χ1) is 14.9. The van der Waals surface area contributed by atoms with Crippen LogP contribution in [-0.4, -0.2) is 41.7 Å². The van der Waals surface area contributed by atoms with Crippen LogP contribution < -0.4 is 5.32 Å². The Balaban J connectivity index is 1.38. The number of aryl methyl sites for hydroxylation is 1. The van der Waals surface area contributed by atoms with E-state index in [0.29, 0.717) is 18.8 Å². The number of hydrogen-bond acceptors (Lipinski definition) is 6. The van der Waals surface area contributed by atoms with Gasteiger partial charge in [0.1, 0.15) is 16.5 Å². The number of nitrogens with one attached hydrogen (secondary N) is 2. The zero-order valence-electron chi connectivity index (χ0n) is 16.7. The molecule has 0 bridgehead atoms. The molecule has 31 heavy (non-hydrogen) atoms. The van der Waals surface area contributed by atoms with Crippen LogP contribution >= 0.6 is 11.3 Å². The molecule has 8 nitrogen and oxygen atoms in total. The number of nitrogens with zero attached hydrogens (tertiary/aromatic N) is 2. The van der Waals surface area contributed by atoms with Crippen LogP contribution in [0.25, 0.3) is 21.7 Å². The van der Waals surface area contributed by atoms with Gasteiger partial charge in [-0.2, -0.15) is 4.31 Å². The van der Waals surface area contributed by atoms with Gasteiger partial charge in [-0.3, -0.25) is 4.79 Å². The second-order valence-corrected chi connectivity index (χ2v) is 10.2. The average Bonchev–Trinajstić information content (AvgIpc) is 3.53. The number of fused-ring (bicyclic) bond motifs is 1. The van der Waals surface area contributed by atoms with E-state index in [9.17, 15) is 13.2 Å². The van der Waals surface area contributed by atoms with Crippen molar-refractivity contribution >= 4 is 44.0 Å². The Hall–Kier alpha value is -2.95. The number of benzene rings is 1. The molecule has 160 valence electrons. The fraction of sp³-hybridized carbons (Fsp3) is 0.238. The topological polar surface area (TPSA) is 108 Å². The monoisotopic (exact) mass is 456 g/mol. The molecule has 2 N–H and O–H groups in total. The summed E-state index contributed by atoms with van der Waals surface area (Å²) in [5, 5.41) is 4.75. The molecular formula is C21H20N4O4S2. The van der Waals surface area contributed by atoms with Crippen molar-refractivity contribution in [3.63, 3.8) is 0 Å². The number of rotatable bonds is 5. The fourth-order valence-electron chi connectivity index (χ4n) is 3.71. The lowest BCUT2D eigenvalue weighted by Crippen LogP contribution is -2.28. The first-order valence-corrected chi connectivity index (χ1v) is 12.2. The Morgan fingerprint density at radius 2 is 2.03 bits per heavy atom. The summed E-state index contributed by atoms with van der Waals surface area (Å²) in [6, 6.07) is 10.6. The number of amides is 1. The molecule has 0 spiro atoms. The van der Waals surface area contributed by atoms with Gasteiger partial charge >= 0.3 is 0 Å². The van der Waals surface area contributed by atoms with Crippen LogP contribution in [0.15, 0.2) is 51.1 Å². The Bertz CT molecular complexity index is 1360. The smallest absolute Gasteiger partial charge is 0.291 e. The third kappa shape index (κ3) is 3.67. The Morgan fingerprint density at radius 1 is 1.23 bits per heavy atom. The third-order valence-corrected chi connectivity index (χ3v) is 8.16. The summed E-state index contributed by atoms with van der Waals surface area (Å²) in [6.07, 6.45) is 1.68. The summed E-state index contributed by atoms with van der Waals surface area (Å²) in [5.41, 5.74) is 2.13. The summed E-state index contributed by atoms with van der Waals surface area (Å²) in [4.78, 5) is 21.6. The SMILES string of the molecule is Cc1oc(C(=O)Nc2ccc3nc(-c4cccs4)[nH]c3c2)cc1S(=O)(=O)N1CCCC1. The summed E-state index contributed by atoms with van der Waals surface area (Å²) < 4.78 is 32.6. The number of imidazole rings is 1. The van der Waals surface area contributed by atoms with E-state index in [2.05, 4.69) is 15.3 Å². The van der Waals surface area contributed by atoms with Crippen LogP contribution in [0.1, 0.15) is 29.2 Å². The molecule has 5 rings (SSSR count). The molecule has 1 aliphatic heterocycles. The van der Waals surface area contributed by atoms with Gasteiger partial charge in [0.15, 0.2) is 5.76 Å². The van der Waals surface area contributed by atoms with Crippen molar-refractivity contribution in [1.82, 2.24) is 14.3 Å². The highest BCUT2D eigenvalue weighted by molar-refractivity contribution is 7.89. The van der Waals surface area contributed by atoms with Gasteiger partial charge in [-0.1, -0.05) is 6.07 Å². The molecule has 0 atom stereocenters. The van der Waals surface area contributed by atoms with Crippen molar-refractivity contribution in [2.24, 2.45) is 0 Å². The second-order valence-electron chi connectivity index (χ2n) is 7.39. The van der Waals surface area contributed by atoms with Crippen molar-refractivity contribution in [2.75, 3.05) is 18.4 Å². The third-order valence-electron chi connectivity index (χ3n) is 5.27. The Morgan fingerprint density at radius 3 is 2.77 bits per heavy atom. The molecule has 1 aliphatic rings. The molecule has 0 aliphatic carbocycles. The molecule has 4 heterocycles. The highest BCUT2D eigenvalue weighted by Gasteiger charge is 2.31. The van der Waals surface area contributed by atoms with Gasteiger partial charge in [-0.25, -0.2) is 13.4 Å². The number of anilines is 1. The van der Waals surface area contributed by atoms with E-state index in [-0.39, 0.29) is 16.4 Å². The summed E-state index contributed by atoms with van der Waals surface area (Å²) in [5.74, 6) is 0.427. The number of thiophene rings is 1. The molecule has 0 saturated carbocycles. The number of carbonyl (C=O) groups is 1. The molecule has 0 unspecified atom stereocenters. The van der Waals surface area contributed by atoms with E-state index >= 15 is 0 Å². The maximum atomic E-state index is 12.8. The highest BCUT2D eigenvalue weighted by atomic mass is 32.2. The lowest BCUT2D eigenvalue weighted by molar-refractivity contribution is 0.0995. The minimum absolute atomic E-state index is 0.0424. The number of aromatic nitrogens is 2. The number of sulfonamides is 1. The second kappa shape index (κ2) is 7.63. The zero-order valence-corrected chi connectivity index (χ0v) is 18.3. The number of carbonyl (C=O) groups excluding carboxylic acids is 1. The maximum Gasteiger partial charge on any atom is 0.291 e. The number of H-pyrrole nitrogens is 1. The van der Waals surface area contributed by atoms with Crippen molar-refractivity contribution in [3.05, 3.63) is 53.3 Å². The van der Waals surface area contributed by atoms with E-state index in [1.165, 1.54) is 10.4 Å². The largest absolute Gasteiger partial charge is 0.455 e. The van der Waals surface area contributed by atoms with Gasteiger partial charge < -0.3 is 14.7 Å². The molecule has 1 aromatic carbocycles. The lowest BCUT2D eigenvalue weighted by Gasteiger charge is -2.14. The molecular weight excluding hydrogens is 436 g/mol. The summed E-state index contributed by atoms with van der Waals surface area (Å²) in [6.45, 7) is 2.54. The van der Waals surface area contributed by atoms with E-state index < -0.39 is 15.9 Å². The molecule has 1 amide bonds. The first-order valence-electron chi connectivity index (χ1n) is 9.87. The number of hydrogen-bond donors (Lipinski definition) is 2. The number of aromatic amines is 1. The van der Waals surface area contributed by atoms with E-state index in [4.69, 9.17) is 4.42 Å². The predicted octanol–water partition coefficient (Wildman–Crippen LogP) is 4.23. The van der Waals surface area contributed by atoms with Crippen molar-refractivity contribution in [2.45, 2.75) is 24.7 Å². The number of furan rings is 1. The van der Waals surface area contributed by atoms with Crippen LogP contribution in [0.2, 0.25) is 0 Å². The van der Waals surface area contributed by atoms with Gasteiger partial charge in [0.2, 0.25) is 10.0 Å². The normalized spacial score (nSPS) is 15.0. The molecule has 1 fully saturated rings. The van der Waals surface area contributed by atoms with E-state index in [1.54, 1.807) is 30.4 Å². The standard InChI is InChI=1S/C21H20N4O4S2/c1-13-19(31(27,28)25-8-2-3-9-25)12-17(29-13)21(26)22-14-6-7-15-16(11-14)24-20(23-15)18-5-4-10-30-18/h4-7,10-12H,2-3,8-9H2,1H3,(H,22,26)(H,23,24). The van der Waals surface area contributed by atoms with Gasteiger partial charge in [0.25, 0.3) is 5.91 Å². The average molecular weight is 457 g/mol. The van der Waals surface area contributed by atoms with Crippen LogP contribution in [-0.2, 0) is 10.0 Å². The molecule has 1 saturated heterocycles. The minimum atomic E-state index is -3.66. The molecule has 0 radical (unpaired) electrons. The minimum Gasteiger partial charge on any atom is -0.455 e. The predicted molar refractivity (Wildman–Crippen MR) is 119 cm³/mol. The maximum absolute atomic E-state index is 12.8. The van der Waals surface area contributed by atoms with E-state index in [1.807, 2.05) is 23.6 Å². The quantitative estimate of drug-likeness (QED) is 0.467. The highest BCUT2D eigenvalue weighted by Crippen LogP contribution is 2.28. The van der Waals surface area contributed by atoms with Gasteiger partial charge in [-0.05, 0) is 49.4 Å². The van der Waals surface area contributed by atoms with Gasteiger partial charge in [-0.15, -0.1) is 11.3 Å². The van der Waals surface area contributed by atoms with Crippen LogP contribution in [0.3, 0.4) is 0 Å². The van der Waals surface area contributed by atoms with Gasteiger partial charge in [0, 0.05) is 24.8 Å². The van der Waals surface area contributed by atoms with Crippen LogP contribution in [0.5, 0.6) is 0 Å². The Labute approximate surface area is 183 Å². The lowest BCUT2D eigenvalue weighted by atomic mass is 10.2. The summed E-state index contributed by atoms with van der Waals surface area (Å²) in [7, 11) is -3.66. The van der Waals surface area contributed by atoms with Crippen LogP contribution in [0, 0.1) is 6.92 Å². The van der Waals surface area contributed by atoms with Crippen molar-refractivity contribution in [3.8, 4) is 10.7 Å². The zero-order chi connectivity index (χ0) is 21.6. The fourth-order valence-corrected chi connectivity index (χ4v) is 6.06. The van der Waals surface area contributed by atoms with Crippen molar-refractivity contribution in [1.29, 1.82) is 0 Å². The van der Waals surface area contributed by atoms with Gasteiger partial charge in [0.05, 0.1) is 15.9 Å². The van der Waals surface area contributed by atoms with Crippen molar-refractivity contribution < 1.29 is 17.6 Å². The Kier molecular flexibility index (Phi) is 4.92. The molecule has 3 aromatic heterocycles. The molecule has 10 heteroatoms. The van der Waals surface area contributed by atoms with Crippen LogP contribution in [0.4, 0.5) is 5.69 Å². The summed E-state index contributed by atoms with van der Waals surface area (Å²) >= 11 is 1.59. The molecule has 4 aromatic rings. The first kappa shape index (κ1) is 20.0.